The van der Waals surface area contributed by atoms with Crippen molar-refractivity contribution in [3.8, 4) is 0 Å². The second-order valence-electron chi connectivity index (χ2n) is 10.9. The van der Waals surface area contributed by atoms with Gasteiger partial charge in [-0.1, -0.05) is 29.4 Å². The molecular weight excluding hydrogens is 592 g/mol. The van der Waals surface area contributed by atoms with E-state index in [2.05, 4.69) is 41.5 Å². The molecule has 43 heavy (non-hydrogen) atoms. The lowest BCUT2D eigenvalue weighted by Gasteiger charge is -2.34. The molecule has 0 aliphatic rings. The molecule has 1 amide bonds. The van der Waals surface area contributed by atoms with Crippen LogP contribution in [0.5, 0.6) is 0 Å². The van der Waals surface area contributed by atoms with Crippen LogP contribution in [0, 0.1) is 0 Å². The van der Waals surface area contributed by atoms with Gasteiger partial charge in [0.15, 0.2) is 8.32 Å². The highest BCUT2D eigenvalue weighted by atomic mass is 28.4. The van der Waals surface area contributed by atoms with Gasteiger partial charge in [0.05, 0.1) is 72.5 Å². The molecule has 0 aromatic heterocycles. The zero-order chi connectivity index (χ0) is 31.8. The van der Waals surface area contributed by atoms with Crippen LogP contribution in [0.2, 0.25) is 32.2 Å². The summed E-state index contributed by atoms with van der Waals surface area (Å²) >= 11 is 0. The summed E-state index contributed by atoms with van der Waals surface area (Å²) in [7, 11) is -4.13. The Bertz CT molecular complexity index is 962. The maximum Gasteiger partial charge on any atom is 0.303 e. The van der Waals surface area contributed by atoms with Crippen LogP contribution in [0.3, 0.4) is 0 Å². The number of carboxylic acids is 1. The lowest BCUT2D eigenvalue weighted by atomic mass is 10.1. The number of hydrogen-bond acceptors (Lipinski definition) is 9. The van der Waals surface area contributed by atoms with Gasteiger partial charge in [0.2, 0.25) is 14.2 Å². The molecule has 0 radical (unpaired) electrons. The zero-order valence-electron chi connectivity index (χ0n) is 26.2. The predicted octanol–water partition coefficient (Wildman–Crippen LogP) is 3.24. The summed E-state index contributed by atoms with van der Waals surface area (Å²) in [6.07, 6.45) is 1.11. The molecule has 0 fully saturated rings. The van der Waals surface area contributed by atoms with E-state index in [0.717, 1.165) is 16.8 Å². The fourth-order valence-electron chi connectivity index (χ4n) is 4.13. The predicted molar refractivity (Wildman–Crippen MR) is 169 cm³/mol. The standard InChI is InChI=1S/C28H50N4O9Si2/c1-42(2,23-5-6-28(34)35)41-43(3,4)26-9-7-25(8-10-26)24-27(33)30-11-13-36-15-17-38-19-21-40-22-20-39-18-16-37-14-12-31-32-29/h7-10H,5-6,11-24H2,1-4H3,(H,30,33)(H,34,35). The second kappa shape index (κ2) is 23.1. The molecule has 0 atom stereocenters. The van der Waals surface area contributed by atoms with Crippen molar-refractivity contribution in [2.24, 2.45) is 5.11 Å². The molecule has 244 valence electrons. The van der Waals surface area contributed by atoms with Gasteiger partial charge in [0.1, 0.15) is 0 Å². The van der Waals surface area contributed by atoms with Crippen molar-refractivity contribution in [2.45, 2.75) is 51.5 Å². The Hall–Kier alpha value is -2.34. The monoisotopic (exact) mass is 642 g/mol. The number of benzene rings is 1. The smallest absolute Gasteiger partial charge is 0.303 e. The molecule has 0 unspecified atom stereocenters. The Morgan fingerprint density at radius 2 is 1.35 bits per heavy atom. The van der Waals surface area contributed by atoms with E-state index in [4.69, 9.17) is 38.4 Å². The van der Waals surface area contributed by atoms with E-state index in [-0.39, 0.29) is 12.3 Å². The molecule has 2 N–H and O–H groups in total. The topological polar surface area (TPSA) is 171 Å². The van der Waals surface area contributed by atoms with Crippen molar-refractivity contribution >= 4 is 33.7 Å². The number of amides is 1. The molecule has 0 saturated carbocycles. The average Bonchev–Trinajstić information content (AvgIpc) is 2.93. The first-order chi connectivity index (χ1) is 20.6. The summed E-state index contributed by atoms with van der Waals surface area (Å²) in [5.74, 6) is -0.830. The van der Waals surface area contributed by atoms with Crippen LogP contribution in [0.25, 0.3) is 10.4 Å². The second-order valence-corrected chi connectivity index (χ2v) is 19.3. The van der Waals surface area contributed by atoms with E-state index in [1.54, 1.807) is 0 Å². The number of carbonyl (C=O) groups excluding carboxylic acids is 1. The molecular formula is C28H50N4O9Si2. The quantitative estimate of drug-likeness (QED) is 0.0481. The maximum absolute atomic E-state index is 12.3. The number of aliphatic carboxylic acids is 1. The number of nitrogens with zero attached hydrogens (tertiary/aromatic N) is 3. The fraction of sp³-hybridized carbons (Fsp3) is 0.714. The molecule has 13 nitrogen and oxygen atoms in total. The van der Waals surface area contributed by atoms with Crippen LogP contribution in [0.1, 0.15) is 18.4 Å². The number of hydrogen-bond donors (Lipinski definition) is 2. The Kier molecular flexibility index (Phi) is 20.8. The summed E-state index contributed by atoms with van der Waals surface area (Å²) in [5.41, 5.74) is 9.07. The fourth-order valence-corrected chi connectivity index (χ4v) is 12.5. The third-order valence-electron chi connectivity index (χ3n) is 6.17. The van der Waals surface area contributed by atoms with E-state index in [1.807, 2.05) is 24.3 Å². The maximum atomic E-state index is 12.3. The SMILES string of the molecule is C[Si](C)(CCCC(=O)O)O[Si](C)(C)c1ccc(CC(=O)NCCOCCOCCOCCOCCOCCN=[N+]=[N-])cc1. The van der Waals surface area contributed by atoms with Crippen LogP contribution in [0.15, 0.2) is 29.4 Å². The van der Waals surface area contributed by atoms with E-state index in [0.29, 0.717) is 92.0 Å². The van der Waals surface area contributed by atoms with Crippen LogP contribution in [-0.4, -0.2) is 113 Å². The molecule has 0 spiro atoms. The van der Waals surface area contributed by atoms with Crippen molar-refractivity contribution in [1.29, 1.82) is 0 Å². The highest BCUT2D eigenvalue weighted by Gasteiger charge is 2.34. The summed E-state index contributed by atoms with van der Waals surface area (Å²) in [4.78, 5) is 25.8. The Morgan fingerprint density at radius 1 is 0.837 bits per heavy atom. The van der Waals surface area contributed by atoms with E-state index < -0.39 is 22.6 Å². The summed E-state index contributed by atoms with van der Waals surface area (Å²) in [6, 6.07) is 8.87. The minimum atomic E-state index is -2.15. The first kappa shape index (κ1) is 38.7. The van der Waals surface area contributed by atoms with Gasteiger partial charge in [0, 0.05) is 24.4 Å². The van der Waals surface area contributed by atoms with Gasteiger partial charge in [-0.25, -0.2) is 0 Å². The van der Waals surface area contributed by atoms with Crippen molar-refractivity contribution in [1.82, 2.24) is 5.32 Å². The molecule has 0 bridgehead atoms. The number of azide groups is 1. The van der Waals surface area contributed by atoms with Gasteiger partial charge in [-0.15, -0.1) is 0 Å². The minimum absolute atomic E-state index is 0.0636. The molecule has 1 aromatic rings. The number of carbonyl (C=O) groups is 2. The Morgan fingerprint density at radius 3 is 1.86 bits per heavy atom. The van der Waals surface area contributed by atoms with Crippen LogP contribution >= 0.6 is 0 Å². The van der Waals surface area contributed by atoms with Crippen LogP contribution in [-0.2, 0) is 43.8 Å². The highest BCUT2D eigenvalue weighted by molar-refractivity contribution is 6.92. The van der Waals surface area contributed by atoms with Gasteiger partial charge in [-0.2, -0.15) is 0 Å². The molecule has 0 aliphatic carbocycles. The number of nitrogens with one attached hydrogen (secondary N) is 1. The molecule has 1 rings (SSSR count). The van der Waals surface area contributed by atoms with Gasteiger partial charge >= 0.3 is 5.97 Å². The Labute approximate surface area is 257 Å². The molecule has 1 aromatic carbocycles. The lowest BCUT2D eigenvalue weighted by molar-refractivity contribution is -0.137. The normalized spacial score (nSPS) is 11.7. The molecule has 0 heterocycles. The average molecular weight is 643 g/mol. The molecule has 0 saturated heterocycles. The van der Waals surface area contributed by atoms with Gasteiger partial charge in [0.25, 0.3) is 0 Å². The number of ether oxygens (including phenoxy) is 5. The van der Waals surface area contributed by atoms with Crippen molar-refractivity contribution in [3.05, 3.63) is 40.3 Å². The number of rotatable bonds is 27. The van der Waals surface area contributed by atoms with E-state index >= 15 is 0 Å². The largest absolute Gasteiger partial charge is 0.481 e. The van der Waals surface area contributed by atoms with Crippen molar-refractivity contribution in [3.63, 3.8) is 0 Å². The van der Waals surface area contributed by atoms with E-state index in [9.17, 15) is 9.59 Å². The summed E-state index contributed by atoms with van der Waals surface area (Å²) < 4.78 is 33.6. The van der Waals surface area contributed by atoms with E-state index in [1.165, 1.54) is 0 Å². The minimum Gasteiger partial charge on any atom is -0.481 e. The zero-order valence-corrected chi connectivity index (χ0v) is 28.2. The van der Waals surface area contributed by atoms with Crippen LogP contribution < -0.4 is 10.5 Å². The molecule has 0 aliphatic heterocycles. The summed E-state index contributed by atoms with van der Waals surface area (Å²) in [6.45, 7) is 13.8. The van der Waals surface area contributed by atoms with Gasteiger partial charge < -0.3 is 38.2 Å². The third kappa shape index (κ3) is 21.1. The summed E-state index contributed by atoms with van der Waals surface area (Å²) in [5, 5.41) is 16.3. The first-order valence-corrected chi connectivity index (χ1v) is 20.8. The van der Waals surface area contributed by atoms with Gasteiger partial charge in [-0.05, 0) is 54.9 Å². The third-order valence-corrected chi connectivity index (χ3v) is 13.7. The number of carboxylic acid groups (broad SMARTS) is 1. The first-order valence-electron chi connectivity index (χ1n) is 14.7. The van der Waals surface area contributed by atoms with Crippen LogP contribution in [0.4, 0.5) is 0 Å². The van der Waals surface area contributed by atoms with Gasteiger partial charge in [-0.3, -0.25) is 9.59 Å². The van der Waals surface area contributed by atoms with Crippen molar-refractivity contribution < 1.29 is 42.5 Å². The highest BCUT2D eigenvalue weighted by Crippen LogP contribution is 2.21. The Balaban J connectivity index is 2.06. The lowest BCUT2D eigenvalue weighted by Crippen LogP contribution is -2.52. The van der Waals surface area contributed by atoms with Crippen molar-refractivity contribution in [2.75, 3.05) is 79.2 Å². The molecule has 15 heteroatoms.